The molecule has 0 radical (unpaired) electrons. The van der Waals surface area contributed by atoms with Crippen molar-refractivity contribution in [1.29, 1.82) is 0 Å². The Morgan fingerprint density at radius 2 is 1.75 bits per heavy atom. The van der Waals surface area contributed by atoms with Crippen molar-refractivity contribution in [2.75, 3.05) is 19.0 Å². The predicted molar refractivity (Wildman–Crippen MR) is 106 cm³/mol. The number of ether oxygens (including phenoxy) is 1. The molecule has 0 saturated carbocycles. The average molecular weight is 373 g/mol. The van der Waals surface area contributed by atoms with Crippen LogP contribution in [0.5, 0.6) is 5.75 Å². The monoisotopic (exact) mass is 373 g/mol. The number of aromatic nitrogens is 4. The summed E-state index contributed by atoms with van der Waals surface area (Å²) in [4.78, 5) is 4.40. The highest BCUT2D eigenvalue weighted by atomic mass is 16.5. The molecular weight excluding hydrogens is 354 g/mol. The summed E-state index contributed by atoms with van der Waals surface area (Å²) in [6, 6.07) is 21.4. The first-order valence-corrected chi connectivity index (χ1v) is 8.92. The second kappa shape index (κ2) is 8.30. The van der Waals surface area contributed by atoms with Crippen LogP contribution in [0.1, 0.15) is 5.56 Å². The highest BCUT2D eigenvalue weighted by molar-refractivity contribution is 5.59. The van der Waals surface area contributed by atoms with Gasteiger partial charge in [-0.25, -0.2) is 0 Å². The van der Waals surface area contributed by atoms with Gasteiger partial charge >= 0.3 is 0 Å². The highest BCUT2D eigenvalue weighted by Gasteiger charge is 2.12. The van der Waals surface area contributed by atoms with E-state index in [9.17, 15) is 0 Å². The lowest BCUT2D eigenvalue weighted by Crippen LogP contribution is -2.07. The van der Waals surface area contributed by atoms with Crippen LogP contribution in [0, 0.1) is 0 Å². The molecule has 2 aromatic heterocycles. The van der Waals surface area contributed by atoms with Crippen molar-refractivity contribution >= 4 is 5.82 Å². The van der Waals surface area contributed by atoms with Gasteiger partial charge in [0.25, 0.3) is 5.89 Å². The van der Waals surface area contributed by atoms with Gasteiger partial charge in [-0.05, 0) is 48.4 Å². The third-order valence-electron chi connectivity index (χ3n) is 4.22. The van der Waals surface area contributed by atoms with E-state index in [1.165, 1.54) is 5.56 Å². The zero-order valence-electron chi connectivity index (χ0n) is 15.4. The van der Waals surface area contributed by atoms with E-state index in [0.29, 0.717) is 23.2 Å². The molecule has 0 aliphatic heterocycles. The van der Waals surface area contributed by atoms with Gasteiger partial charge < -0.3 is 14.6 Å². The molecule has 0 atom stereocenters. The van der Waals surface area contributed by atoms with E-state index in [-0.39, 0.29) is 0 Å². The molecular formula is C21H19N5O2. The molecule has 4 aromatic rings. The second-order valence-corrected chi connectivity index (χ2v) is 6.12. The van der Waals surface area contributed by atoms with Gasteiger partial charge in [-0.2, -0.15) is 4.98 Å². The number of benzene rings is 2. The van der Waals surface area contributed by atoms with Crippen LogP contribution >= 0.6 is 0 Å². The van der Waals surface area contributed by atoms with Crippen molar-refractivity contribution in [1.82, 2.24) is 20.3 Å². The summed E-state index contributed by atoms with van der Waals surface area (Å²) in [6.45, 7) is 0.778. The Kier molecular flexibility index (Phi) is 5.24. The maximum atomic E-state index is 5.33. The molecule has 0 aliphatic rings. The largest absolute Gasteiger partial charge is 0.497 e. The minimum atomic E-state index is 0.328. The Morgan fingerprint density at radius 3 is 2.46 bits per heavy atom. The molecule has 1 N–H and O–H groups in total. The third-order valence-corrected chi connectivity index (χ3v) is 4.22. The predicted octanol–water partition coefficient (Wildman–Crippen LogP) is 3.86. The van der Waals surface area contributed by atoms with Gasteiger partial charge in [0.05, 0.1) is 7.11 Å². The average Bonchev–Trinajstić information content (AvgIpc) is 3.25. The van der Waals surface area contributed by atoms with E-state index in [1.807, 2.05) is 54.6 Å². The van der Waals surface area contributed by atoms with Crippen molar-refractivity contribution in [3.63, 3.8) is 0 Å². The first-order valence-electron chi connectivity index (χ1n) is 8.92. The fourth-order valence-corrected chi connectivity index (χ4v) is 2.71. The smallest absolute Gasteiger partial charge is 0.278 e. The van der Waals surface area contributed by atoms with Crippen molar-refractivity contribution in [2.45, 2.75) is 6.42 Å². The molecule has 0 unspecified atom stereocenters. The maximum Gasteiger partial charge on any atom is 0.278 e. The van der Waals surface area contributed by atoms with Gasteiger partial charge in [-0.15, -0.1) is 10.2 Å². The Labute approximate surface area is 162 Å². The lowest BCUT2D eigenvalue weighted by Gasteiger charge is -2.05. The Hall–Kier alpha value is -3.74. The van der Waals surface area contributed by atoms with E-state index in [4.69, 9.17) is 9.26 Å². The lowest BCUT2D eigenvalue weighted by molar-refractivity contribution is 0.414. The van der Waals surface area contributed by atoms with Crippen molar-refractivity contribution in [3.05, 3.63) is 72.3 Å². The quantitative estimate of drug-likeness (QED) is 0.526. The van der Waals surface area contributed by atoms with Crippen LogP contribution in [-0.2, 0) is 6.42 Å². The van der Waals surface area contributed by atoms with Crippen LogP contribution in [0.25, 0.3) is 23.0 Å². The molecule has 2 heterocycles. The molecule has 2 aromatic carbocycles. The molecule has 7 nitrogen and oxygen atoms in total. The van der Waals surface area contributed by atoms with Crippen LogP contribution in [0.15, 0.2) is 71.3 Å². The third kappa shape index (κ3) is 4.15. The number of nitrogens with zero attached hydrogens (tertiary/aromatic N) is 4. The fraction of sp³-hybridized carbons (Fsp3) is 0.143. The highest BCUT2D eigenvalue weighted by Crippen LogP contribution is 2.23. The zero-order valence-corrected chi connectivity index (χ0v) is 15.4. The van der Waals surface area contributed by atoms with Crippen LogP contribution in [0.3, 0.4) is 0 Å². The molecule has 0 amide bonds. The van der Waals surface area contributed by atoms with Crippen LogP contribution in [0.2, 0.25) is 0 Å². The molecule has 0 bridgehead atoms. The number of anilines is 1. The zero-order chi connectivity index (χ0) is 19.2. The van der Waals surface area contributed by atoms with Gasteiger partial charge in [0.15, 0.2) is 5.69 Å². The van der Waals surface area contributed by atoms with Gasteiger partial charge in [0, 0.05) is 12.1 Å². The first kappa shape index (κ1) is 17.7. The SMILES string of the molecule is COc1ccc(-c2noc(-c3ccc(NCCc4ccccc4)nn3)n2)cc1. The van der Waals surface area contributed by atoms with E-state index in [0.717, 1.165) is 24.3 Å². The van der Waals surface area contributed by atoms with E-state index >= 15 is 0 Å². The molecule has 0 fully saturated rings. The Morgan fingerprint density at radius 1 is 0.929 bits per heavy atom. The summed E-state index contributed by atoms with van der Waals surface area (Å²) in [5, 5.41) is 15.6. The number of nitrogens with one attached hydrogen (secondary N) is 1. The lowest BCUT2D eigenvalue weighted by atomic mass is 10.1. The van der Waals surface area contributed by atoms with Gasteiger partial charge in [-0.1, -0.05) is 35.5 Å². The van der Waals surface area contributed by atoms with Crippen molar-refractivity contribution < 1.29 is 9.26 Å². The summed E-state index contributed by atoms with van der Waals surface area (Å²) < 4.78 is 10.5. The Balaban J connectivity index is 1.39. The standard InChI is InChI=1S/C21H19N5O2/c1-27-17-9-7-16(8-10-17)20-23-21(28-26-20)18-11-12-19(25-24-18)22-14-13-15-5-3-2-4-6-15/h2-12H,13-14H2,1H3,(H,22,25). The molecule has 28 heavy (non-hydrogen) atoms. The van der Waals surface area contributed by atoms with Gasteiger partial charge in [-0.3, -0.25) is 0 Å². The van der Waals surface area contributed by atoms with Crippen molar-refractivity contribution in [2.24, 2.45) is 0 Å². The Bertz CT molecular complexity index is 1010. The summed E-state index contributed by atoms with van der Waals surface area (Å²) >= 11 is 0. The normalized spacial score (nSPS) is 10.6. The molecule has 140 valence electrons. The molecule has 0 aliphatic carbocycles. The van der Waals surface area contributed by atoms with Crippen LogP contribution in [0.4, 0.5) is 5.82 Å². The number of hydrogen-bond donors (Lipinski definition) is 1. The van der Waals surface area contributed by atoms with Gasteiger partial charge in [0.2, 0.25) is 5.82 Å². The maximum absolute atomic E-state index is 5.33. The number of hydrogen-bond acceptors (Lipinski definition) is 7. The van der Waals surface area contributed by atoms with Crippen LogP contribution in [-0.4, -0.2) is 34.0 Å². The summed E-state index contributed by atoms with van der Waals surface area (Å²) in [5.74, 6) is 2.29. The van der Waals surface area contributed by atoms with Gasteiger partial charge in [0.1, 0.15) is 11.6 Å². The van der Waals surface area contributed by atoms with Crippen molar-refractivity contribution in [3.8, 4) is 28.7 Å². The molecule has 7 heteroatoms. The minimum absolute atomic E-state index is 0.328. The first-order chi connectivity index (χ1) is 13.8. The fourth-order valence-electron chi connectivity index (χ4n) is 2.71. The van der Waals surface area contributed by atoms with Crippen LogP contribution < -0.4 is 10.1 Å². The summed E-state index contributed by atoms with van der Waals surface area (Å²) in [6.07, 6.45) is 0.916. The summed E-state index contributed by atoms with van der Waals surface area (Å²) in [7, 11) is 1.63. The molecule has 4 rings (SSSR count). The number of methoxy groups -OCH3 is 1. The molecule has 0 spiro atoms. The van der Waals surface area contributed by atoms with E-state index < -0.39 is 0 Å². The van der Waals surface area contributed by atoms with E-state index in [2.05, 4.69) is 37.8 Å². The summed E-state index contributed by atoms with van der Waals surface area (Å²) in [5.41, 5.74) is 2.64. The topological polar surface area (TPSA) is 86.0 Å². The second-order valence-electron chi connectivity index (χ2n) is 6.12. The van der Waals surface area contributed by atoms with E-state index in [1.54, 1.807) is 7.11 Å². The minimum Gasteiger partial charge on any atom is -0.497 e. The number of rotatable bonds is 7. The molecule has 0 saturated heterocycles.